The van der Waals surface area contributed by atoms with Gasteiger partial charge in [-0.05, 0) is 49.2 Å². The van der Waals surface area contributed by atoms with Gasteiger partial charge in [-0.25, -0.2) is 4.98 Å². The van der Waals surface area contributed by atoms with Gasteiger partial charge in [-0.3, -0.25) is 29.4 Å². The van der Waals surface area contributed by atoms with Crippen molar-refractivity contribution < 1.29 is 29.2 Å². The number of thiazole rings is 1. The molecule has 10 nitrogen and oxygen atoms in total. The first-order valence-corrected chi connectivity index (χ1v) is 13.7. The molecule has 1 saturated heterocycles. The van der Waals surface area contributed by atoms with E-state index in [0.717, 1.165) is 27.4 Å². The predicted molar refractivity (Wildman–Crippen MR) is 157 cm³/mol. The van der Waals surface area contributed by atoms with E-state index in [0.29, 0.717) is 22.9 Å². The van der Waals surface area contributed by atoms with Crippen LogP contribution in [0.2, 0.25) is 0 Å². The summed E-state index contributed by atoms with van der Waals surface area (Å²) in [6.07, 6.45) is 0. The summed E-state index contributed by atoms with van der Waals surface area (Å²) in [5.74, 6) is -2.16. The second-order valence-electron chi connectivity index (χ2n) is 9.79. The molecule has 0 saturated carbocycles. The molecular weight excluding hydrogens is 558 g/mol. The molecule has 0 aliphatic carbocycles. The van der Waals surface area contributed by atoms with Gasteiger partial charge in [0, 0.05) is 24.6 Å². The zero-order chi connectivity index (χ0) is 30.1. The molecule has 0 radical (unpaired) electrons. The van der Waals surface area contributed by atoms with Crippen LogP contribution in [0.25, 0.3) is 5.76 Å². The molecule has 4 aromatic rings. The van der Waals surface area contributed by atoms with Crippen molar-refractivity contribution in [3.05, 3.63) is 121 Å². The normalized spacial score (nSPS) is 16.1. The monoisotopic (exact) mass is 583 g/mol. The SMILES string of the molecule is CC(=O)c1sc(N2C(=O)C(=O)/C(=C(/O)c3ccc(OCc4cccc(C)c4)cc3)C2c2cccc([N+](=O)[O-])c2)nc1C. The van der Waals surface area contributed by atoms with Crippen molar-refractivity contribution in [3.63, 3.8) is 0 Å². The highest BCUT2D eigenvalue weighted by atomic mass is 32.1. The number of carbonyl (C=O) groups excluding carboxylic acids is 3. The van der Waals surface area contributed by atoms with E-state index in [2.05, 4.69) is 4.98 Å². The average molecular weight is 584 g/mol. The summed E-state index contributed by atoms with van der Waals surface area (Å²) in [5, 5.41) is 23.0. The fourth-order valence-corrected chi connectivity index (χ4v) is 5.79. The summed E-state index contributed by atoms with van der Waals surface area (Å²) in [4.78, 5) is 55.6. The molecule has 11 heteroatoms. The second kappa shape index (κ2) is 11.4. The average Bonchev–Trinajstić information content (AvgIpc) is 3.48. The van der Waals surface area contributed by atoms with E-state index in [1.54, 1.807) is 31.2 Å². The molecule has 1 amide bonds. The molecule has 0 spiro atoms. The maximum atomic E-state index is 13.4. The summed E-state index contributed by atoms with van der Waals surface area (Å²) in [6.45, 7) is 5.30. The van der Waals surface area contributed by atoms with Crippen LogP contribution >= 0.6 is 11.3 Å². The van der Waals surface area contributed by atoms with Crippen LogP contribution in [0.5, 0.6) is 5.75 Å². The predicted octanol–water partition coefficient (Wildman–Crippen LogP) is 6.08. The van der Waals surface area contributed by atoms with Gasteiger partial charge in [-0.2, -0.15) is 0 Å². The number of Topliss-reactive ketones (excluding diaryl/α,β-unsaturated/α-hetero) is 2. The molecular formula is C31H25N3O7S. The third kappa shape index (κ3) is 5.41. The third-order valence-electron chi connectivity index (χ3n) is 6.77. The van der Waals surface area contributed by atoms with Crippen molar-refractivity contribution in [1.82, 2.24) is 4.98 Å². The molecule has 3 aromatic carbocycles. The molecule has 1 aliphatic heterocycles. The lowest BCUT2D eigenvalue weighted by Crippen LogP contribution is -2.29. The standard InChI is InChI=1S/C31H25N3O7S/c1-17-6-4-7-20(14-17)16-41-24-12-10-21(11-13-24)27(36)25-26(22-8-5-9-23(15-22)34(39)40)33(30(38)28(25)37)31-32-18(2)29(42-31)19(3)35/h4-15,26,36H,16H2,1-3H3/b27-25+. The summed E-state index contributed by atoms with van der Waals surface area (Å²) < 4.78 is 5.85. The quantitative estimate of drug-likeness (QED) is 0.0658. The molecule has 1 atom stereocenters. The Hall–Kier alpha value is -5.16. The number of nitro benzene ring substituents is 1. The third-order valence-corrected chi connectivity index (χ3v) is 8.03. The number of anilines is 1. The molecule has 0 bridgehead atoms. The minimum atomic E-state index is -1.23. The Morgan fingerprint density at radius 1 is 1.07 bits per heavy atom. The van der Waals surface area contributed by atoms with Crippen molar-refractivity contribution in [3.8, 4) is 5.75 Å². The lowest BCUT2D eigenvalue weighted by atomic mass is 9.95. The minimum absolute atomic E-state index is 0.0650. The first kappa shape index (κ1) is 28.4. The first-order chi connectivity index (χ1) is 20.0. The number of aliphatic hydroxyl groups is 1. The van der Waals surface area contributed by atoms with Gasteiger partial charge in [0.2, 0.25) is 0 Å². The number of amides is 1. The molecule has 1 unspecified atom stereocenters. The molecule has 42 heavy (non-hydrogen) atoms. The number of hydrogen-bond donors (Lipinski definition) is 1. The van der Waals surface area contributed by atoms with Crippen LogP contribution < -0.4 is 9.64 Å². The number of nitrogens with zero attached hydrogens (tertiary/aromatic N) is 3. The number of aryl methyl sites for hydroxylation is 2. The molecule has 1 aliphatic rings. The Morgan fingerprint density at radius 3 is 2.43 bits per heavy atom. The molecule has 1 N–H and O–H groups in total. The lowest BCUT2D eigenvalue weighted by Gasteiger charge is -2.22. The van der Waals surface area contributed by atoms with Crippen LogP contribution in [0.4, 0.5) is 10.8 Å². The van der Waals surface area contributed by atoms with Crippen molar-refractivity contribution >= 4 is 45.4 Å². The van der Waals surface area contributed by atoms with Crippen LogP contribution in [0, 0.1) is 24.0 Å². The van der Waals surface area contributed by atoms with Gasteiger partial charge in [0.15, 0.2) is 10.9 Å². The van der Waals surface area contributed by atoms with E-state index in [-0.39, 0.29) is 33.3 Å². The summed E-state index contributed by atoms with van der Waals surface area (Å²) in [5.41, 5.74) is 2.43. The van der Waals surface area contributed by atoms with E-state index in [9.17, 15) is 29.6 Å². The number of hydrogen-bond acceptors (Lipinski definition) is 9. The topological polar surface area (TPSA) is 140 Å². The summed E-state index contributed by atoms with van der Waals surface area (Å²) in [7, 11) is 0. The van der Waals surface area contributed by atoms with Gasteiger partial charge in [-0.15, -0.1) is 0 Å². The van der Waals surface area contributed by atoms with Crippen LogP contribution in [0.15, 0.2) is 78.4 Å². The number of aromatic nitrogens is 1. The number of aliphatic hydroxyl groups excluding tert-OH is 1. The number of rotatable bonds is 8. The molecule has 1 fully saturated rings. The van der Waals surface area contributed by atoms with E-state index in [1.165, 1.54) is 31.2 Å². The number of non-ortho nitro benzene ring substituents is 1. The van der Waals surface area contributed by atoms with Crippen LogP contribution in [-0.2, 0) is 16.2 Å². The lowest BCUT2D eigenvalue weighted by molar-refractivity contribution is -0.384. The van der Waals surface area contributed by atoms with Crippen LogP contribution in [-0.4, -0.2) is 32.5 Å². The molecule has 2 heterocycles. The fraction of sp³-hybridized carbons (Fsp3) is 0.161. The highest BCUT2D eigenvalue weighted by molar-refractivity contribution is 7.18. The van der Waals surface area contributed by atoms with E-state index < -0.39 is 28.4 Å². The highest BCUT2D eigenvalue weighted by Gasteiger charge is 2.48. The smallest absolute Gasteiger partial charge is 0.301 e. The number of carbonyl (C=O) groups is 3. The molecule has 212 valence electrons. The summed E-state index contributed by atoms with van der Waals surface area (Å²) >= 11 is 0.933. The van der Waals surface area contributed by atoms with Gasteiger partial charge < -0.3 is 9.84 Å². The number of benzene rings is 3. The number of nitro groups is 1. The van der Waals surface area contributed by atoms with Crippen molar-refractivity contribution in [2.45, 2.75) is 33.4 Å². The Balaban J connectivity index is 1.56. The first-order valence-electron chi connectivity index (χ1n) is 12.9. The maximum absolute atomic E-state index is 13.4. The zero-order valence-electron chi connectivity index (χ0n) is 22.9. The number of ether oxygens (including phenoxy) is 1. The van der Waals surface area contributed by atoms with Gasteiger partial charge in [0.1, 0.15) is 18.1 Å². The maximum Gasteiger partial charge on any atom is 0.301 e. The highest BCUT2D eigenvalue weighted by Crippen LogP contribution is 2.44. The fourth-order valence-electron chi connectivity index (χ4n) is 4.80. The summed E-state index contributed by atoms with van der Waals surface area (Å²) in [6, 6.07) is 18.5. The molecule has 1 aromatic heterocycles. The van der Waals surface area contributed by atoms with Crippen LogP contribution in [0.3, 0.4) is 0 Å². The Kier molecular flexibility index (Phi) is 7.68. The Bertz CT molecular complexity index is 1780. The molecule has 5 rings (SSSR count). The van der Waals surface area contributed by atoms with Crippen molar-refractivity contribution in [1.29, 1.82) is 0 Å². The largest absolute Gasteiger partial charge is 0.507 e. The van der Waals surface area contributed by atoms with Gasteiger partial charge in [-0.1, -0.05) is 53.3 Å². The second-order valence-corrected chi connectivity index (χ2v) is 10.8. The minimum Gasteiger partial charge on any atom is -0.507 e. The van der Waals surface area contributed by atoms with Gasteiger partial charge in [0.05, 0.1) is 27.1 Å². The van der Waals surface area contributed by atoms with Gasteiger partial charge in [0.25, 0.3) is 11.5 Å². The van der Waals surface area contributed by atoms with E-state index >= 15 is 0 Å². The number of ketones is 2. The van der Waals surface area contributed by atoms with Crippen molar-refractivity contribution in [2.24, 2.45) is 0 Å². The zero-order valence-corrected chi connectivity index (χ0v) is 23.7. The van der Waals surface area contributed by atoms with Gasteiger partial charge >= 0.3 is 5.91 Å². The Morgan fingerprint density at radius 2 is 1.79 bits per heavy atom. The van der Waals surface area contributed by atoms with Crippen molar-refractivity contribution in [2.75, 3.05) is 4.90 Å². The van der Waals surface area contributed by atoms with E-state index in [4.69, 9.17) is 4.74 Å². The van der Waals surface area contributed by atoms with E-state index in [1.807, 2.05) is 31.2 Å². The van der Waals surface area contributed by atoms with Crippen LogP contribution in [0.1, 0.15) is 50.6 Å². The Labute approximate surface area is 244 Å².